The van der Waals surface area contributed by atoms with Gasteiger partial charge in [0.15, 0.2) is 0 Å². The molecule has 0 saturated heterocycles. The Labute approximate surface area is 120 Å². The summed E-state index contributed by atoms with van der Waals surface area (Å²) in [7, 11) is 1.64. The highest BCUT2D eigenvalue weighted by Crippen LogP contribution is 2.22. The molecule has 0 amide bonds. The molecule has 1 aromatic carbocycles. The summed E-state index contributed by atoms with van der Waals surface area (Å²) in [6.45, 7) is 0.195. The zero-order valence-electron chi connectivity index (χ0n) is 10.7. The van der Waals surface area contributed by atoms with Crippen LogP contribution >= 0.6 is 11.6 Å². The zero-order valence-corrected chi connectivity index (χ0v) is 11.4. The van der Waals surface area contributed by atoms with Crippen molar-refractivity contribution in [2.24, 2.45) is 0 Å². The Hall–Kier alpha value is -2.14. The number of carboxylic acid groups (broad SMARTS) is 1. The average Bonchev–Trinajstić information content (AvgIpc) is 2.40. The highest BCUT2D eigenvalue weighted by atomic mass is 35.5. The van der Waals surface area contributed by atoms with Gasteiger partial charge in [0.1, 0.15) is 22.4 Å². The SMILES string of the molecule is CN(Cc1ccccc1F)c1nc(Cl)ccc1C(=O)O. The Morgan fingerprint density at radius 1 is 1.35 bits per heavy atom. The van der Waals surface area contributed by atoms with E-state index in [0.717, 1.165) is 0 Å². The quantitative estimate of drug-likeness (QED) is 0.880. The topological polar surface area (TPSA) is 53.4 Å². The fourth-order valence-electron chi connectivity index (χ4n) is 1.84. The Morgan fingerprint density at radius 3 is 2.70 bits per heavy atom. The minimum absolute atomic E-state index is 0.0215. The molecule has 0 spiro atoms. The van der Waals surface area contributed by atoms with Gasteiger partial charge in [0.25, 0.3) is 0 Å². The third kappa shape index (κ3) is 3.05. The number of hydrogen-bond donors (Lipinski definition) is 1. The number of carboxylic acids is 1. The summed E-state index contributed by atoms with van der Waals surface area (Å²) >= 11 is 5.80. The Balaban J connectivity index is 2.34. The number of aromatic nitrogens is 1. The second kappa shape index (κ2) is 5.88. The Bertz CT molecular complexity index is 649. The molecule has 0 aliphatic rings. The maximum Gasteiger partial charge on any atom is 0.339 e. The molecule has 2 rings (SSSR count). The molecule has 104 valence electrons. The Kier molecular flexibility index (Phi) is 4.20. The van der Waals surface area contributed by atoms with E-state index in [2.05, 4.69) is 4.98 Å². The fourth-order valence-corrected chi connectivity index (χ4v) is 1.98. The lowest BCUT2D eigenvalue weighted by Crippen LogP contribution is -2.21. The number of nitrogens with zero attached hydrogens (tertiary/aromatic N) is 2. The van der Waals surface area contributed by atoms with Crippen molar-refractivity contribution in [3.05, 3.63) is 58.5 Å². The number of aromatic carboxylic acids is 1. The first-order chi connectivity index (χ1) is 9.49. The van der Waals surface area contributed by atoms with Crippen LogP contribution in [-0.4, -0.2) is 23.1 Å². The summed E-state index contributed by atoms with van der Waals surface area (Å²) in [4.78, 5) is 16.7. The molecule has 20 heavy (non-hydrogen) atoms. The maximum atomic E-state index is 13.6. The first-order valence-corrected chi connectivity index (χ1v) is 6.21. The molecular weight excluding hydrogens is 283 g/mol. The van der Waals surface area contributed by atoms with Crippen molar-refractivity contribution in [1.29, 1.82) is 0 Å². The summed E-state index contributed by atoms with van der Waals surface area (Å²) in [5, 5.41) is 9.33. The number of benzene rings is 1. The van der Waals surface area contributed by atoms with Crippen LogP contribution in [0.1, 0.15) is 15.9 Å². The lowest BCUT2D eigenvalue weighted by atomic mass is 10.2. The smallest absolute Gasteiger partial charge is 0.339 e. The van der Waals surface area contributed by atoms with Crippen molar-refractivity contribution in [1.82, 2.24) is 4.98 Å². The molecule has 1 aromatic heterocycles. The van der Waals surface area contributed by atoms with Gasteiger partial charge in [-0.2, -0.15) is 0 Å². The second-order valence-corrected chi connectivity index (χ2v) is 4.65. The highest BCUT2D eigenvalue weighted by molar-refractivity contribution is 6.29. The van der Waals surface area contributed by atoms with Crippen LogP contribution in [0.25, 0.3) is 0 Å². The van der Waals surface area contributed by atoms with Crippen molar-refractivity contribution < 1.29 is 14.3 Å². The van der Waals surface area contributed by atoms with E-state index in [9.17, 15) is 9.18 Å². The van der Waals surface area contributed by atoms with E-state index in [1.807, 2.05) is 0 Å². The molecule has 1 N–H and O–H groups in total. The molecule has 0 atom stereocenters. The van der Waals surface area contributed by atoms with Crippen LogP contribution in [0.2, 0.25) is 5.15 Å². The van der Waals surface area contributed by atoms with Crippen LogP contribution in [0, 0.1) is 5.82 Å². The van der Waals surface area contributed by atoms with E-state index in [1.165, 1.54) is 18.2 Å². The van der Waals surface area contributed by atoms with Crippen LogP contribution in [0.15, 0.2) is 36.4 Å². The van der Waals surface area contributed by atoms with Crippen LogP contribution in [0.5, 0.6) is 0 Å². The predicted octanol–water partition coefficient (Wildman–Crippen LogP) is 3.21. The molecule has 0 saturated carbocycles. The van der Waals surface area contributed by atoms with Crippen LogP contribution in [-0.2, 0) is 6.54 Å². The number of carbonyl (C=O) groups is 1. The summed E-state index contributed by atoms with van der Waals surface area (Å²) in [5.41, 5.74) is 0.473. The molecule has 0 bridgehead atoms. The second-order valence-electron chi connectivity index (χ2n) is 4.26. The van der Waals surface area contributed by atoms with Gasteiger partial charge in [0, 0.05) is 19.2 Å². The van der Waals surface area contributed by atoms with E-state index >= 15 is 0 Å². The van der Waals surface area contributed by atoms with Gasteiger partial charge in [-0.05, 0) is 18.2 Å². The van der Waals surface area contributed by atoms with E-state index in [-0.39, 0.29) is 28.9 Å². The van der Waals surface area contributed by atoms with Crippen LogP contribution < -0.4 is 4.90 Å². The normalized spacial score (nSPS) is 10.3. The number of hydrogen-bond acceptors (Lipinski definition) is 3. The third-order valence-corrected chi connectivity index (χ3v) is 3.01. The van der Waals surface area contributed by atoms with E-state index in [1.54, 1.807) is 30.1 Å². The summed E-state index contributed by atoms with van der Waals surface area (Å²) in [6.07, 6.45) is 0. The van der Waals surface area contributed by atoms with E-state index in [4.69, 9.17) is 16.7 Å². The van der Waals surface area contributed by atoms with Crippen molar-refractivity contribution in [2.75, 3.05) is 11.9 Å². The van der Waals surface area contributed by atoms with Gasteiger partial charge in [-0.15, -0.1) is 0 Å². The molecule has 0 aliphatic carbocycles. The van der Waals surface area contributed by atoms with E-state index < -0.39 is 5.97 Å². The lowest BCUT2D eigenvalue weighted by Gasteiger charge is -2.20. The standard InChI is InChI=1S/C14H12ClFN2O2/c1-18(8-9-4-2-3-5-11(9)16)13-10(14(19)20)6-7-12(15)17-13/h2-7H,8H2,1H3,(H,19,20). The van der Waals surface area contributed by atoms with Crippen LogP contribution in [0.4, 0.5) is 10.2 Å². The van der Waals surface area contributed by atoms with Gasteiger partial charge in [0.05, 0.1) is 0 Å². The summed E-state index contributed by atoms with van der Waals surface area (Å²) in [6, 6.07) is 9.09. The minimum Gasteiger partial charge on any atom is -0.478 e. The zero-order chi connectivity index (χ0) is 14.7. The van der Waals surface area contributed by atoms with Gasteiger partial charge in [0.2, 0.25) is 0 Å². The van der Waals surface area contributed by atoms with Gasteiger partial charge in [-0.3, -0.25) is 0 Å². The molecular formula is C14H12ClFN2O2. The molecule has 0 aliphatic heterocycles. The monoisotopic (exact) mass is 294 g/mol. The van der Waals surface area contributed by atoms with Gasteiger partial charge in [-0.25, -0.2) is 14.2 Å². The number of pyridine rings is 1. The van der Waals surface area contributed by atoms with Crippen molar-refractivity contribution in [3.8, 4) is 0 Å². The van der Waals surface area contributed by atoms with Crippen molar-refractivity contribution in [3.63, 3.8) is 0 Å². The largest absolute Gasteiger partial charge is 0.478 e. The van der Waals surface area contributed by atoms with E-state index in [0.29, 0.717) is 5.56 Å². The number of rotatable bonds is 4. The Morgan fingerprint density at radius 2 is 2.05 bits per heavy atom. The third-order valence-electron chi connectivity index (χ3n) is 2.80. The number of anilines is 1. The van der Waals surface area contributed by atoms with Gasteiger partial charge in [-0.1, -0.05) is 29.8 Å². The average molecular weight is 295 g/mol. The first-order valence-electron chi connectivity index (χ1n) is 5.83. The van der Waals surface area contributed by atoms with Crippen molar-refractivity contribution >= 4 is 23.4 Å². The molecule has 6 heteroatoms. The molecule has 4 nitrogen and oxygen atoms in total. The molecule has 0 unspecified atom stereocenters. The summed E-state index contributed by atoms with van der Waals surface area (Å²) < 4.78 is 13.6. The van der Waals surface area contributed by atoms with Gasteiger partial charge >= 0.3 is 5.97 Å². The predicted molar refractivity (Wildman–Crippen MR) is 74.7 cm³/mol. The minimum atomic E-state index is -1.11. The molecule has 0 radical (unpaired) electrons. The highest BCUT2D eigenvalue weighted by Gasteiger charge is 2.16. The summed E-state index contributed by atoms with van der Waals surface area (Å²) in [5.74, 6) is -1.25. The lowest BCUT2D eigenvalue weighted by molar-refractivity contribution is 0.0697. The van der Waals surface area contributed by atoms with Crippen LogP contribution in [0.3, 0.4) is 0 Å². The molecule has 0 fully saturated rings. The number of halogens is 2. The first kappa shape index (κ1) is 14.3. The maximum absolute atomic E-state index is 13.6. The molecule has 1 heterocycles. The van der Waals surface area contributed by atoms with Crippen molar-refractivity contribution in [2.45, 2.75) is 6.54 Å². The van der Waals surface area contributed by atoms with Gasteiger partial charge < -0.3 is 10.0 Å². The molecule has 2 aromatic rings. The fraction of sp³-hybridized carbons (Fsp3) is 0.143.